The maximum atomic E-state index is 9.22. The molecule has 0 saturated carbocycles. The van der Waals surface area contributed by atoms with Crippen molar-refractivity contribution in [3.63, 3.8) is 0 Å². The van der Waals surface area contributed by atoms with Gasteiger partial charge < -0.3 is 9.64 Å². The molecule has 1 fully saturated rings. The molecule has 0 aliphatic carbocycles. The zero-order valence-corrected chi connectivity index (χ0v) is 28.7. The fourth-order valence-electron chi connectivity index (χ4n) is 5.18. The van der Waals surface area contributed by atoms with Gasteiger partial charge in [-0.1, -0.05) is 117 Å². The van der Waals surface area contributed by atoms with Crippen LogP contribution in [0.25, 0.3) is 0 Å². The van der Waals surface area contributed by atoms with E-state index >= 15 is 0 Å². The largest absolute Gasteiger partial charge is 0.493 e. The molecule has 0 bridgehead atoms. The molecule has 5 heteroatoms. The van der Waals surface area contributed by atoms with Crippen LogP contribution >= 0.6 is 11.6 Å². The number of halogens is 1. The molecular weight excluding hydrogens is 514 g/mol. The average molecular weight is 576 g/mol. The third kappa shape index (κ3) is 10.2. The summed E-state index contributed by atoms with van der Waals surface area (Å²) in [6.45, 7) is 25.2. The molecule has 2 aliphatic heterocycles. The zero-order chi connectivity index (χ0) is 30.9. The van der Waals surface area contributed by atoms with Crippen LogP contribution in [0, 0.1) is 5.41 Å². The highest BCUT2D eigenvalue weighted by Gasteiger charge is 2.45. The maximum Gasteiger partial charge on any atom is 0.156 e. The molecule has 0 spiro atoms. The minimum absolute atomic E-state index is 0.316. The van der Waals surface area contributed by atoms with Crippen LogP contribution in [0.15, 0.2) is 41.3 Å². The molecule has 0 amide bonds. The van der Waals surface area contributed by atoms with Crippen LogP contribution in [0.4, 0.5) is 5.69 Å². The van der Waals surface area contributed by atoms with E-state index in [0.29, 0.717) is 22.5 Å². The van der Waals surface area contributed by atoms with Gasteiger partial charge in [0.1, 0.15) is 5.84 Å². The van der Waals surface area contributed by atoms with E-state index in [1.54, 1.807) is 7.11 Å². The van der Waals surface area contributed by atoms with Crippen molar-refractivity contribution in [2.75, 3.05) is 32.1 Å². The summed E-state index contributed by atoms with van der Waals surface area (Å²) >= 11 is 6.25. The van der Waals surface area contributed by atoms with Crippen molar-refractivity contribution in [3.8, 4) is 0 Å². The lowest BCUT2D eigenvalue weighted by Crippen LogP contribution is -2.37. The van der Waals surface area contributed by atoms with Crippen LogP contribution in [-0.4, -0.2) is 38.0 Å². The number of hydrogen-bond acceptors (Lipinski definition) is 3. The first-order valence-electron chi connectivity index (χ1n) is 15.9. The molecule has 1 N–H and O–H groups in total. The number of hydrogen-bond donors (Lipinski definition) is 1. The number of nitrogens with zero attached hydrogens (tertiary/aromatic N) is 2. The van der Waals surface area contributed by atoms with E-state index in [0.717, 1.165) is 37.3 Å². The summed E-state index contributed by atoms with van der Waals surface area (Å²) in [7, 11) is 3.81. The van der Waals surface area contributed by atoms with Gasteiger partial charge in [-0.25, -0.2) is 0 Å². The van der Waals surface area contributed by atoms with Gasteiger partial charge in [0.15, 0.2) is 5.76 Å². The van der Waals surface area contributed by atoms with E-state index in [-0.39, 0.29) is 5.41 Å². The van der Waals surface area contributed by atoms with Crippen molar-refractivity contribution in [3.05, 3.63) is 52.4 Å². The first-order valence-corrected chi connectivity index (χ1v) is 16.3. The number of anilines is 1. The lowest BCUT2D eigenvalue weighted by molar-refractivity contribution is 0.255. The van der Waals surface area contributed by atoms with Crippen LogP contribution in [0.2, 0.25) is 0 Å². The summed E-state index contributed by atoms with van der Waals surface area (Å²) in [5.74, 6) is 1.71. The number of allylic oxidation sites excluding steroid dienone is 2. The maximum absolute atomic E-state index is 9.22. The number of rotatable bonds is 9. The summed E-state index contributed by atoms with van der Waals surface area (Å²) in [6, 6.07) is 6.90. The molecule has 2 heterocycles. The lowest BCUT2D eigenvalue weighted by atomic mass is 9.78. The van der Waals surface area contributed by atoms with Crippen LogP contribution in [0.3, 0.4) is 0 Å². The Morgan fingerprint density at radius 2 is 1.60 bits per heavy atom. The Hall–Kier alpha value is -1.78. The molecule has 3 rings (SSSR count). The summed E-state index contributed by atoms with van der Waals surface area (Å²) in [5, 5.41) is 9.58. The smallest absolute Gasteiger partial charge is 0.156 e. The topological polar surface area (TPSA) is 39.6 Å². The molecule has 0 aromatic heterocycles. The summed E-state index contributed by atoms with van der Waals surface area (Å²) in [4.78, 5) is 4.45. The van der Waals surface area contributed by atoms with Crippen LogP contribution < -0.4 is 4.90 Å². The Kier molecular flexibility index (Phi) is 19.3. The summed E-state index contributed by atoms with van der Waals surface area (Å²) in [6.07, 6.45) is 10.7. The number of amidine groups is 1. The van der Waals surface area contributed by atoms with E-state index in [4.69, 9.17) is 16.3 Å². The Labute approximate surface area is 253 Å². The molecule has 230 valence electrons. The molecule has 1 unspecified atom stereocenters. The van der Waals surface area contributed by atoms with E-state index < -0.39 is 0 Å². The van der Waals surface area contributed by atoms with Crippen molar-refractivity contribution in [1.82, 2.24) is 4.90 Å². The molecule has 4 nitrogen and oxygen atoms in total. The fourth-order valence-corrected chi connectivity index (χ4v) is 5.39. The van der Waals surface area contributed by atoms with Crippen molar-refractivity contribution >= 4 is 23.1 Å². The summed E-state index contributed by atoms with van der Waals surface area (Å²) < 4.78 is 5.58. The van der Waals surface area contributed by atoms with Gasteiger partial charge in [-0.15, -0.1) is 0 Å². The molecule has 40 heavy (non-hydrogen) atoms. The van der Waals surface area contributed by atoms with Gasteiger partial charge >= 0.3 is 0 Å². The first kappa shape index (κ1) is 38.2. The first-order chi connectivity index (χ1) is 19.1. The highest BCUT2D eigenvalue weighted by molar-refractivity contribution is 6.31. The van der Waals surface area contributed by atoms with Gasteiger partial charge in [0.25, 0.3) is 0 Å². The quantitative estimate of drug-likeness (QED) is 0.181. The lowest BCUT2D eigenvalue weighted by Gasteiger charge is -2.30. The molecule has 1 saturated heterocycles. The molecule has 1 aromatic rings. The van der Waals surface area contributed by atoms with Crippen molar-refractivity contribution in [2.24, 2.45) is 0 Å². The standard InChI is InChI=1S/C26H38ClN3O.C4H10.C3H8.C2H6/c1-7-8-9-14-26(4)22-11-10-21(20-12-15-29(5)16-13-20)17-23(22)30(25(26)28)19(3)24(31-6)18(2)27;1-3-4-2;1-3-2;1-2/h10-11,17,20,28H,2,7-9,12-16H2,1,3-6H3;3-4H2,1-2H3;3H2,1-2H3;1-2H3/b24-19-,28-25?;;;. The number of benzene rings is 1. The number of unbranched alkanes of at least 4 members (excludes halogenated alkanes) is 3. The number of piperidine rings is 1. The monoisotopic (exact) mass is 575 g/mol. The molecule has 1 aromatic carbocycles. The SMILES string of the molecule is C=C(Cl)/C(OC)=C(\C)N1C(=N)C(C)(CCCCC)c2ccc(C3CCN(C)CC3)cc21.CC.CCC.CCCC. The third-order valence-corrected chi connectivity index (χ3v) is 7.86. The third-order valence-electron chi connectivity index (χ3n) is 7.69. The van der Waals surface area contributed by atoms with Gasteiger partial charge in [-0.3, -0.25) is 10.3 Å². The predicted molar refractivity (Wildman–Crippen MR) is 180 cm³/mol. The van der Waals surface area contributed by atoms with E-state index in [9.17, 15) is 5.41 Å². The van der Waals surface area contributed by atoms with E-state index in [1.165, 1.54) is 56.1 Å². The summed E-state index contributed by atoms with van der Waals surface area (Å²) in [5.41, 5.74) is 4.22. The van der Waals surface area contributed by atoms with Crippen LogP contribution in [0.5, 0.6) is 0 Å². The number of ether oxygens (including phenoxy) is 1. The van der Waals surface area contributed by atoms with Gasteiger partial charge in [0.05, 0.1) is 28.9 Å². The zero-order valence-electron chi connectivity index (χ0n) is 28.0. The Morgan fingerprint density at radius 3 is 2.05 bits per heavy atom. The van der Waals surface area contributed by atoms with Gasteiger partial charge in [0, 0.05) is 0 Å². The van der Waals surface area contributed by atoms with E-state index in [1.807, 2.05) is 25.7 Å². The van der Waals surface area contributed by atoms with Crippen molar-refractivity contribution < 1.29 is 4.74 Å². The minimum atomic E-state index is -0.316. The Bertz CT molecular complexity index is 915. The highest BCUT2D eigenvalue weighted by Crippen LogP contribution is 2.48. The molecule has 1 atom stereocenters. The van der Waals surface area contributed by atoms with Crippen molar-refractivity contribution in [1.29, 1.82) is 5.41 Å². The van der Waals surface area contributed by atoms with Gasteiger partial charge in [-0.2, -0.15) is 0 Å². The average Bonchev–Trinajstić information content (AvgIpc) is 3.16. The number of likely N-dealkylation sites (tertiary alicyclic amines) is 1. The number of nitrogens with one attached hydrogen (secondary N) is 1. The highest BCUT2D eigenvalue weighted by atomic mass is 35.5. The molecule has 2 aliphatic rings. The van der Waals surface area contributed by atoms with E-state index in [2.05, 4.69) is 78.3 Å². The second kappa shape index (κ2) is 20.2. The number of fused-ring (bicyclic) bond motifs is 1. The van der Waals surface area contributed by atoms with Crippen LogP contribution in [0.1, 0.15) is 137 Å². The fraction of sp³-hybridized carbons (Fsp3) is 0.686. The normalized spacial score (nSPS) is 19.2. The van der Waals surface area contributed by atoms with Crippen molar-refractivity contribution in [2.45, 2.75) is 131 Å². The van der Waals surface area contributed by atoms with Crippen LogP contribution in [-0.2, 0) is 10.2 Å². The van der Waals surface area contributed by atoms with Gasteiger partial charge in [-0.05, 0) is 76.4 Å². The Morgan fingerprint density at radius 1 is 1.05 bits per heavy atom. The predicted octanol–water partition coefficient (Wildman–Crippen LogP) is 11.0. The second-order valence-corrected chi connectivity index (χ2v) is 11.5. The second-order valence-electron chi connectivity index (χ2n) is 11.1. The Balaban J connectivity index is 0.00000149. The molecule has 0 radical (unpaired) electrons. The van der Waals surface area contributed by atoms with Gasteiger partial charge in [0.2, 0.25) is 0 Å². The number of methoxy groups -OCH3 is 1. The minimum Gasteiger partial charge on any atom is -0.493 e. The molecular formula is C35H62ClN3O.